The molecule has 0 bridgehead atoms. The molecule has 2 fully saturated rings. The van der Waals surface area contributed by atoms with Gasteiger partial charge in [-0.15, -0.1) is 5.10 Å². The highest BCUT2D eigenvalue weighted by Crippen LogP contribution is 2.23. The number of carbonyl (C=O) groups is 1. The van der Waals surface area contributed by atoms with Crippen molar-refractivity contribution in [2.75, 3.05) is 37.7 Å². The maximum absolute atomic E-state index is 12.7. The third-order valence-corrected chi connectivity index (χ3v) is 5.80. The topological polar surface area (TPSA) is 66.6 Å². The van der Waals surface area contributed by atoms with Gasteiger partial charge >= 0.3 is 0 Å². The Morgan fingerprint density at radius 3 is 2.74 bits per heavy atom. The molecule has 8 heteroatoms. The smallest absolute Gasteiger partial charge is 0.254 e. The predicted molar refractivity (Wildman–Crippen MR) is 88.6 cm³/mol. The zero-order chi connectivity index (χ0) is 15.6. The van der Waals surface area contributed by atoms with Crippen LogP contribution < -0.4 is 0 Å². The molecular formula is C15H20N6OS. The van der Waals surface area contributed by atoms with Gasteiger partial charge in [-0.25, -0.2) is 4.52 Å². The summed E-state index contributed by atoms with van der Waals surface area (Å²) in [6.07, 6.45) is 4.31. The van der Waals surface area contributed by atoms with Crippen molar-refractivity contribution in [2.24, 2.45) is 0 Å². The molecule has 122 valence electrons. The van der Waals surface area contributed by atoms with Gasteiger partial charge in [0.25, 0.3) is 5.91 Å². The van der Waals surface area contributed by atoms with Gasteiger partial charge in [0.05, 0.1) is 0 Å². The van der Waals surface area contributed by atoms with Gasteiger partial charge < -0.3 is 4.90 Å². The minimum atomic E-state index is 0.0781. The lowest BCUT2D eigenvalue weighted by Gasteiger charge is -2.40. The number of carbonyl (C=O) groups excluding carboxylic acids is 1. The van der Waals surface area contributed by atoms with Crippen LogP contribution >= 0.6 is 11.8 Å². The minimum Gasteiger partial charge on any atom is -0.336 e. The number of amides is 1. The van der Waals surface area contributed by atoms with E-state index in [0.717, 1.165) is 26.2 Å². The van der Waals surface area contributed by atoms with Crippen LogP contribution in [0.25, 0.3) is 5.65 Å². The summed E-state index contributed by atoms with van der Waals surface area (Å²) in [4.78, 5) is 17.2. The van der Waals surface area contributed by atoms with Crippen molar-refractivity contribution in [1.29, 1.82) is 0 Å². The summed E-state index contributed by atoms with van der Waals surface area (Å²) < 4.78 is 1.57. The van der Waals surface area contributed by atoms with Crippen LogP contribution in [-0.2, 0) is 0 Å². The molecule has 1 amide bonds. The van der Waals surface area contributed by atoms with E-state index in [9.17, 15) is 4.79 Å². The summed E-state index contributed by atoms with van der Waals surface area (Å²) in [6, 6.07) is 4.26. The molecule has 2 aromatic heterocycles. The molecule has 2 aliphatic heterocycles. The fourth-order valence-corrected chi connectivity index (χ4v) is 4.48. The van der Waals surface area contributed by atoms with E-state index in [4.69, 9.17) is 0 Å². The lowest BCUT2D eigenvalue weighted by atomic mass is 10.1. The molecule has 4 heterocycles. The Morgan fingerprint density at radius 1 is 1.17 bits per heavy atom. The van der Waals surface area contributed by atoms with Crippen LogP contribution in [0.15, 0.2) is 18.3 Å². The van der Waals surface area contributed by atoms with E-state index in [1.807, 2.05) is 4.90 Å². The first-order chi connectivity index (χ1) is 11.3. The van der Waals surface area contributed by atoms with Crippen LogP contribution in [0.1, 0.15) is 23.2 Å². The van der Waals surface area contributed by atoms with Crippen molar-refractivity contribution in [2.45, 2.75) is 18.9 Å². The number of pyridine rings is 1. The van der Waals surface area contributed by atoms with Gasteiger partial charge in [0.15, 0.2) is 5.65 Å². The minimum absolute atomic E-state index is 0.0781. The van der Waals surface area contributed by atoms with Crippen LogP contribution in [0.5, 0.6) is 0 Å². The van der Waals surface area contributed by atoms with Crippen LogP contribution in [0.4, 0.5) is 0 Å². The van der Waals surface area contributed by atoms with E-state index in [0.29, 0.717) is 17.3 Å². The molecule has 0 aliphatic carbocycles. The van der Waals surface area contributed by atoms with Crippen molar-refractivity contribution < 1.29 is 4.79 Å². The van der Waals surface area contributed by atoms with Gasteiger partial charge in [-0.05, 0) is 46.9 Å². The van der Waals surface area contributed by atoms with Crippen LogP contribution in [0.2, 0.25) is 0 Å². The van der Waals surface area contributed by atoms with Crippen molar-refractivity contribution in [1.82, 2.24) is 29.8 Å². The molecule has 0 unspecified atom stereocenters. The Kier molecular flexibility index (Phi) is 4.17. The molecule has 2 aromatic rings. The highest BCUT2D eigenvalue weighted by atomic mass is 32.2. The summed E-state index contributed by atoms with van der Waals surface area (Å²) in [5.74, 6) is 2.63. The molecule has 0 spiro atoms. The van der Waals surface area contributed by atoms with Gasteiger partial charge in [0.2, 0.25) is 0 Å². The highest BCUT2D eigenvalue weighted by molar-refractivity contribution is 7.99. The van der Waals surface area contributed by atoms with Gasteiger partial charge in [-0.1, -0.05) is 0 Å². The Bertz CT molecular complexity index is 690. The van der Waals surface area contributed by atoms with E-state index in [2.05, 4.69) is 32.2 Å². The average Bonchev–Trinajstić information content (AvgIpc) is 3.10. The second-order valence-corrected chi connectivity index (χ2v) is 7.29. The SMILES string of the molecule is O=C(c1ccn2nnnc2c1)N1CCN(C2CCSCC2)CC1. The molecule has 0 aromatic carbocycles. The molecule has 0 saturated carbocycles. The Morgan fingerprint density at radius 2 is 1.96 bits per heavy atom. The van der Waals surface area contributed by atoms with Gasteiger partial charge in [-0.2, -0.15) is 11.8 Å². The quantitative estimate of drug-likeness (QED) is 0.810. The lowest BCUT2D eigenvalue weighted by Crippen LogP contribution is -2.52. The largest absolute Gasteiger partial charge is 0.336 e. The number of rotatable bonds is 2. The molecule has 2 aliphatic rings. The predicted octanol–water partition coefficient (Wildman–Crippen LogP) is 0.778. The zero-order valence-corrected chi connectivity index (χ0v) is 13.8. The maximum atomic E-state index is 12.7. The number of thioether (sulfide) groups is 1. The standard InChI is InChI=1S/C15H20N6OS/c22-15(12-1-4-21-14(11-12)16-17-18-21)20-7-5-19(6-8-20)13-2-9-23-10-3-13/h1,4,11,13H,2-3,5-10H2. The summed E-state index contributed by atoms with van der Waals surface area (Å²) in [6.45, 7) is 3.57. The average molecular weight is 332 g/mol. The molecule has 0 atom stereocenters. The zero-order valence-electron chi connectivity index (χ0n) is 13.0. The fourth-order valence-electron chi connectivity index (χ4n) is 3.40. The van der Waals surface area contributed by atoms with Crippen LogP contribution in [-0.4, -0.2) is 79.5 Å². The normalized spacial score (nSPS) is 21.0. The van der Waals surface area contributed by atoms with Crippen molar-refractivity contribution >= 4 is 23.3 Å². The molecule has 7 nitrogen and oxygen atoms in total. The second-order valence-electron chi connectivity index (χ2n) is 6.07. The Hall–Kier alpha value is -1.67. The van der Waals surface area contributed by atoms with Gasteiger partial charge in [-0.3, -0.25) is 9.69 Å². The molecule has 0 radical (unpaired) electrons. The van der Waals surface area contributed by atoms with Crippen LogP contribution in [0, 0.1) is 0 Å². The number of fused-ring (bicyclic) bond motifs is 1. The molecule has 0 N–H and O–H groups in total. The number of nitrogens with zero attached hydrogens (tertiary/aromatic N) is 6. The summed E-state index contributed by atoms with van der Waals surface area (Å²) >= 11 is 2.06. The summed E-state index contributed by atoms with van der Waals surface area (Å²) in [5.41, 5.74) is 1.27. The monoisotopic (exact) mass is 332 g/mol. The number of hydrogen-bond donors (Lipinski definition) is 0. The van der Waals surface area contributed by atoms with Crippen molar-refractivity contribution in [3.8, 4) is 0 Å². The summed E-state index contributed by atoms with van der Waals surface area (Å²) in [7, 11) is 0. The maximum Gasteiger partial charge on any atom is 0.254 e. The highest BCUT2D eigenvalue weighted by Gasteiger charge is 2.27. The summed E-state index contributed by atoms with van der Waals surface area (Å²) in [5, 5.41) is 11.3. The number of tetrazole rings is 1. The van der Waals surface area contributed by atoms with E-state index < -0.39 is 0 Å². The lowest BCUT2D eigenvalue weighted by molar-refractivity contribution is 0.0559. The van der Waals surface area contributed by atoms with E-state index in [-0.39, 0.29) is 5.91 Å². The Balaban J connectivity index is 1.40. The third-order valence-electron chi connectivity index (χ3n) is 4.75. The van der Waals surface area contributed by atoms with E-state index in [1.165, 1.54) is 24.3 Å². The first kappa shape index (κ1) is 14.9. The molecule has 23 heavy (non-hydrogen) atoms. The van der Waals surface area contributed by atoms with Crippen molar-refractivity contribution in [3.63, 3.8) is 0 Å². The van der Waals surface area contributed by atoms with E-state index in [1.54, 1.807) is 22.8 Å². The molecule has 4 rings (SSSR count). The molecule has 2 saturated heterocycles. The van der Waals surface area contributed by atoms with Crippen LogP contribution in [0.3, 0.4) is 0 Å². The van der Waals surface area contributed by atoms with Crippen molar-refractivity contribution in [3.05, 3.63) is 23.9 Å². The van der Waals surface area contributed by atoms with Gasteiger partial charge in [0, 0.05) is 44.0 Å². The number of aromatic nitrogens is 4. The fraction of sp³-hybridized carbons (Fsp3) is 0.600. The third kappa shape index (κ3) is 3.05. The van der Waals surface area contributed by atoms with E-state index >= 15 is 0 Å². The van der Waals surface area contributed by atoms with Gasteiger partial charge in [0.1, 0.15) is 0 Å². The molecular weight excluding hydrogens is 312 g/mol. The first-order valence-electron chi connectivity index (χ1n) is 8.10. The first-order valence-corrected chi connectivity index (χ1v) is 9.25. The number of hydrogen-bond acceptors (Lipinski definition) is 6. The Labute approximate surface area is 139 Å². The number of piperazine rings is 1. The second kappa shape index (κ2) is 6.45.